The average molecular weight is 377 g/mol. The van der Waals surface area contributed by atoms with Gasteiger partial charge in [0.1, 0.15) is 11.4 Å². The van der Waals surface area contributed by atoms with Crippen LogP contribution < -0.4 is 10.5 Å². The minimum Gasteiger partial charge on any atom is -0.352 e. The van der Waals surface area contributed by atoms with Crippen LogP contribution in [0.25, 0.3) is 11.4 Å². The first-order chi connectivity index (χ1) is 13.6. The topological polar surface area (TPSA) is 97.1 Å². The van der Waals surface area contributed by atoms with Crippen LogP contribution in [0.5, 0.6) is 0 Å². The van der Waals surface area contributed by atoms with Crippen LogP contribution in [0.2, 0.25) is 0 Å². The number of pyridine rings is 1. The predicted molar refractivity (Wildman–Crippen MR) is 103 cm³/mol. The van der Waals surface area contributed by atoms with E-state index in [1.807, 2.05) is 30.3 Å². The van der Waals surface area contributed by atoms with Crippen molar-refractivity contribution in [3.05, 3.63) is 64.7 Å². The maximum Gasteiger partial charge on any atom is 0.274 e. The molecule has 28 heavy (non-hydrogen) atoms. The van der Waals surface area contributed by atoms with Gasteiger partial charge >= 0.3 is 0 Å². The highest BCUT2D eigenvalue weighted by Crippen LogP contribution is 2.18. The van der Waals surface area contributed by atoms with E-state index in [0.717, 1.165) is 17.2 Å². The number of carbonyl (C=O) groups excluding carboxylic acids is 1. The quantitative estimate of drug-likeness (QED) is 0.659. The largest absolute Gasteiger partial charge is 0.352 e. The zero-order valence-electron chi connectivity index (χ0n) is 15.4. The number of amides is 1. The zero-order chi connectivity index (χ0) is 19.5. The second-order valence-corrected chi connectivity index (χ2v) is 6.45. The van der Waals surface area contributed by atoms with E-state index in [0.29, 0.717) is 26.2 Å². The molecule has 4 heterocycles. The summed E-state index contributed by atoms with van der Waals surface area (Å²) in [6.07, 6.45) is 1.72. The number of anilines is 1. The molecule has 4 rings (SSSR count). The van der Waals surface area contributed by atoms with Gasteiger partial charge in [0.2, 0.25) is 0 Å². The number of piperazine rings is 1. The summed E-state index contributed by atoms with van der Waals surface area (Å²) in [4.78, 5) is 32.1. The Labute approximate surface area is 161 Å². The number of aromatic nitrogens is 5. The Bertz CT molecular complexity index is 1030. The van der Waals surface area contributed by atoms with Gasteiger partial charge in [0.05, 0.1) is 5.69 Å². The molecule has 1 fully saturated rings. The summed E-state index contributed by atoms with van der Waals surface area (Å²) < 4.78 is 1.17. The maximum absolute atomic E-state index is 12.6. The standard InChI is InChI=1S/C19H19N7O2/c1-24-18(27)8-6-16(23-24)19(28)26-12-10-25(11-13-26)17-7-5-15(21-22-17)14-4-2-3-9-20-14/h2-9H,10-13H2,1H3. The SMILES string of the molecule is Cn1nc(C(=O)N2CCN(c3ccc(-c4ccccn4)nn3)CC2)ccc1=O. The number of nitrogens with zero attached hydrogens (tertiary/aromatic N) is 7. The van der Waals surface area contributed by atoms with Crippen LogP contribution in [0.1, 0.15) is 10.5 Å². The number of carbonyl (C=O) groups is 1. The van der Waals surface area contributed by atoms with Gasteiger partial charge in [0, 0.05) is 45.5 Å². The fourth-order valence-electron chi connectivity index (χ4n) is 3.06. The Kier molecular flexibility index (Phi) is 4.79. The molecule has 1 aliphatic heterocycles. The van der Waals surface area contributed by atoms with Crippen molar-refractivity contribution in [1.82, 2.24) is 29.9 Å². The van der Waals surface area contributed by atoms with Crippen molar-refractivity contribution < 1.29 is 4.79 Å². The lowest BCUT2D eigenvalue weighted by molar-refractivity contribution is 0.0738. The van der Waals surface area contributed by atoms with Crippen LogP contribution in [-0.2, 0) is 7.05 Å². The molecule has 3 aromatic rings. The molecule has 0 atom stereocenters. The molecule has 9 heteroatoms. The monoisotopic (exact) mass is 377 g/mol. The van der Waals surface area contributed by atoms with Crippen molar-refractivity contribution in [2.24, 2.45) is 7.05 Å². The lowest BCUT2D eigenvalue weighted by Gasteiger charge is -2.35. The zero-order valence-corrected chi connectivity index (χ0v) is 15.4. The normalized spacial score (nSPS) is 14.2. The van der Waals surface area contributed by atoms with E-state index in [2.05, 4.69) is 25.2 Å². The number of rotatable bonds is 3. The third-order valence-electron chi connectivity index (χ3n) is 4.65. The van der Waals surface area contributed by atoms with Crippen molar-refractivity contribution >= 4 is 11.7 Å². The van der Waals surface area contributed by atoms with Gasteiger partial charge in [-0.3, -0.25) is 14.6 Å². The lowest BCUT2D eigenvalue weighted by Crippen LogP contribution is -2.49. The van der Waals surface area contributed by atoms with Crippen LogP contribution >= 0.6 is 0 Å². The third kappa shape index (κ3) is 3.59. The van der Waals surface area contributed by atoms with Gasteiger partial charge in [-0.25, -0.2) is 4.68 Å². The molecule has 3 aromatic heterocycles. The maximum atomic E-state index is 12.6. The summed E-state index contributed by atoms with van der Waals surface area (Å²) in [7, 11) is 1.53. The first kappa shape index (κ1) is 17.8. The molecule has 9 nitrogen and oxygen atoms in total. The van der Waals surface area contributed by atoms with Crippen molar-refractivity contribution in [3.63, 3.8) is 0 Å². The second kappa shape index (κ2) is 7.55. The van der Waals surface area contributed by atoms with E-state index in [-0.39, 0.29) is 17.2 Å². The van der Waals surface area contributed by atoms with Gasteiger partial charge in [-0.05, 0) is 30.3 Å². The van der Waals surface area contributed by atoms with E-state index in [1.165, 1.54) is 23.9 Å². The molecule has 0 saturated carbocycles. The number of aryl methyl sites for hydroxylation is 1. The van der Waals surface area contributed by atoms with Crippen molar-refractivity contribution in [3.8, 4) is 11.4 Å². The highest BCUT2D eigenvalue weighted by atomic mass is 16.2. The fourth-order valence-corrected chi connectivity index (χ4v) is 3.06. The Balaban J connectivity index is 1.40. The molecule has 0 unspecified atom stereocenters. The third-order valence-corrected chi connectivity index (χ3v) is 4.65. The molecule has 0 aliphatic carbocycles. The molecule has 0 N–H and O–H groups in total. The highest BCUT2D eigenvalue weighted by molar-refractivity contribution is 5.92. The Morgan fingerprint density at radius 3 is 2.39 bits per heavy atom. The van der Waals surface area contributed by atoms with Crippen molar-refractivity contribution in [2.75, 3.05) is 31.1 Å². The molecule has 1 aliphatic rings. The number of hydrogen-bond acceptors (Lipinski definition) is 7. The summed E-state index contributed by atoms with van der Waals surface area (Å²) in [5.74, 6) is 0.596. The van der Waals surface area contributed by atoms with Gasteiger partial charge < -0.3 is 9.80 Å². The Hall–Kier alpha value is -3.62. The molecule has 1 saturated heterocycles. The Morgan fingerprint density at radius 1 is 0.929 bits per heavy atom. The van der Waals surface area contributed by atoms with Crippen LogP contribution in [0.4, 0.5) is 5.82 Å². The van der Waals surface area contributed by atoms with E-state index in [1.54, 1.807) is 11.1 Å². The number of hydrogen-bond donors (Lipinski definition) is 0. The molecule has 0 bridgehead atoms. The van der Waals surface area contributed by atoms with E-state index in [4.69, 9.17) is 0 Å². The van der Waals surface area contributed by atoms with Crippen LogP contribution in [0.15, 0.2) is 53.5 Å². The van der Waals surface area contributed by atoms with Gasteiger partial charge in [-0.15, -0.1) is 10.2 Å². The smallest absolute Gasteiger partial charge is 0.274 e. The average Bonchev–Trinajstić information content (AvgIpc) is 2.76. The van der Waals surface area contributed by atoms with Gasteiger partial charge in [0.25, 0.3) is 11.5 Å². The van der Waals surface area contributed by atoms with Crippen LogP contribution in [0.3, 0.4) is 0 Å². The summed E-state index contributed by atoms with van der Waals surface area (Å²) in [5.41, 5.74) is 1.53. The lowest BCUT2D eigenvalue weighted by atomic mass is 10.2. The minimum absolute atomic E-state index is 0.174. The van der Waals surface area contributed by atoms with Crippen molar-refractivity contribution in [2.45, 2.75) is 0 Å². The summed E-state index contributed by atoms with van der Waals surface area (Å²) in [5, 5.41) is 12.6. The van der Waals surface area contributed by atoms with Crippen LogP contribution in [0, 0.1) is 0 Å². The van der Waals surface area contributed by atoms with E-state index >= 15 is 0 Å². The molecule has 0 spiro atoms. The first-order valence-corrected chi connectivity index (χ1v) is 8.95. The summed E-state index contributed by atoms with van der Waals surface area (Å²) >= 11 is 0. The molecular weight excluding hydrogens is 358 g/mol. The van der Waals surface area contributed by atoms with E-state index in [9.17, 15) is 9.59 Å². The molecular formula is C19H19N7O2. The molecule has 0 aromatic carbocycles. The van der Waals surface area contributed by atoms with E-state index < -0.39 is 0 Å². The van der Waals surface area contributed by atoms with Crippen molar-refractivity contribution in [1.29, 1.82) is 0 Å². The predicted octanol–water partition coefficient (Wildman–Crippen LogP) is 0.595. The summed E-state index contributed by atoms with van der Waals surface area (Å²) in [6.45, 7) is 2.39. The minimum atomic E-state index is -0.242. The Morgan fingerprint density at radius 2 is 1.75 bits per heavy atom. The van der Waals surface area contributed by atoms with Gasteiger partial charge in [-0.2, -0.15) is 5.10 Å². The van der Waals surface area contributed by atoms with Gasteiger partial charge in [-0.1, -0.05) is 6.07 Å². The second-order valence-electron chi connectivity index (χ2n) is 6.45. The van der Waals surface area contributed by atoms with Crippen LogP contribution in [-0.4, -0.2) is 61.9 Å². The molecule has 1 amide bonds. The first-order valence-electron chi connectivity index (χ1n) is 8.95. The molecule has 0 radical (unpaired) electrons. The highest BCUT2D eigenvalue weighted by Gasteiger charge is 2.24. The fraction of sp³-hybridized carbons (Fsp3) is 0.263. The molecule has 142 valence electrons. The van der Waals surface area contributed by atoms with Gasteiger partial charge in [0.15, 0.2) is 5.82 Å². The summed E-state index contributed by atoms with van der Waals surface area (Å²) in [6, 6.07) is 12.3.